The second-order valence-corrected chi connectivity index (χ2v) is 7.35. The monoisotopic (exact) mass is 413 g/mol. The summed E-state index contributed by atoms with van der Waals surface area (Å²) in [7, 11) is 0. The molecule has 7 heteroatoms. The van der Waals surface area contributed by atoms with Crippen molar-refractivity contribution < 1.29 is 14.4 Å². The summed E-state index contributed by atoms with van der Waals surface area (Å²) in [5.41, 5.74) is 1.45. The van der Waals surface area contributed by atoms with Gasteiger partial charge >= 0.3 is 6.03 Å². The van der Waals surface area contributed by atoms with E-state index in [0.29, 0.717) is 12.1 Å². The van der Waals surface area contributed by atoms with E-state index >= 15 is 0 Å². The van der Waals surface area contributed by atoms with Gasteiger partial charge in [-0.2, -0.15) is 0 Å². The van der Waals surface area contributed by atoms with Crippen LogP contribution >= 0.6 is 15.9 Å². The lowest BCUT2D eigenvalue weighted by molar-refractivity contribution is -0.134. The lowest BCUT2D eigenvalue weighted by Crippen LogP contribution is -2.42. The fourth-order valence-corrected chi connectivity index (χ4v) is 3.87. The van der Waals surface area contributed by atoms with Crippen LogP contribution in [0.1, 0.15) is 17.5 Å². The van der Waals surface area contributed by atoms with Crippen molar-refractivity contribution in [1.82, 2.24) is 10.2 Å². The van der Waals surface area contributed by atoms with Gasteiger partial charge in [-0.1, -0.05) is 40.2 Å². The number of urea groups is 1. The Kier molecular flexibility index (Phi) is 4.03. The van der Waals surface area contributed by atoms with Gasteiger partial charge in [-0.05, 0) is 48.2 Å². The molecule has 2 N–H and O–H groups in total. The average Bonchev–Trinajstić information content (AvgIpc) is 3.11. The molecule has 0 bridgehead atoms. The highest BCUT2D eigenvalue weighted by Crippen LogP contribution is 2.41. The van der Waals surface area contributed by atoms with Crippen LogP contribution in [0.25, 0.3) is 0 Å². The van der Waals surface area contributed by atoms with Crippen molar-refractivity contribution in [2.75, 3.05) is 11.9 Å². The van der Waals surface area contributed by atoms with Crippen molar-refractivity contribution in [2.45, 2.75) is 18.4 Å². The average molecular weight is 414 g/mol. The number of anilines is 1. The van der Waals surface area contributed by atoms with Gasteiger partial charge in [-0.25, -0.2) is 4.79 Å². The van der Waals surface area contributed by atoms with Gasteiger partial charge in [-0.15, -0.1) is 0 Å². The third kappa shape index (κ3) is 2.68. The Bertz CT molecular complexity index is 913. The third-order valence-corrected chi connectivity index (χ3v) is 5.38. The number of fused-ring (bicyclic) bond motifs is 2. The Balaban J connectivity index is 1.52. The Morgan fingerprint density at radius 2 is 1.88 bits per heavy atom. The minimum Gasteiger partial charge on any atom is -0.325 e. The van der Waals surface area contributed by atoms with Crippen LogP contribution in [-0.4, -0.2) is 29.3 Å². The normalized spacial score (nSPS) is 21.0. The van der Waals surface area contributed by atoms with E-state index in [1.807, 2.05) is 24.3 Å². The van der Waals surface area contributed by atoms with Gasteiger partial charge < -0.3 is 10.6 Å². The first-order chi connectivity index (χ1) is 12.5. The van der Waals surface area contributed by atoms with Crippen molar-refractivity contribution in [3.8, 4) is 0 Å². The number of imide groups is 1. The lowest BCUT2D eigenvalue weighted by Gasteiger charge is -2.22. The molecule has 1 atom stereocenters. The van der Waals surface area contributed by atoms with Gasteiger partial charge in [0.25, 0.3) is 5.91 Å². The van der Waals surface area contributed by atoms with Gasteiger partial charge in [-0.3, -0.25) is 14.5 Å². The minimum absolute atomic E-state index is 0.315. The molecule has 0 aromatic heterocycles. The quantitative estimate of drug-likeness (QED) is 0.759. The van der Waals surface area contributed by atoms with Crippen molar-refractivity contribution in [3.05, 3.63) is 64.1 Å². The summed E-state index contributed by atoms with van der Waals surface area (Å²) < 4.78 is 0.895. The number of hydrogen-bond acceptors (Lipinski definition) is 3. The number of rotatable bonds is 3. The Labute approximate surface area is 158 Å². The standard InChI is InChI=1S/C19H16BrN3O3/c20-13-5-7-14(8-6-13)21-16(24)11-23-17(25)19(22-18(23)26)10-9-12-3-1-2-4-15(12)19/h1-8H,9-11H2,(H,21,24)(H,22,26)/t19-/m0/s1. The van der Waals surface area contributed by atoms with Gasteiger partial charge in [0.15, 0.2) is 0 Å². The molecule has 2 aromatic carbocycles. The van der Waals surface area contributed by atoms with E-state index in [1.165, 1.54) is 0 Å². The highest BCUT2D eigenvalue weighted by atomic mass is 79.9. The molecule has 1 saturated heterocycles. The maximum absolute atomic E-state index is 13.0. The maximum atomic E-state index is 13.0. The van der Waals surface area contributed by atoms with E-state index in [-0.39, 0.29) is 12.5 Å². The fraction of sp³-hybridized carbons (Fsp3) is 0.211. The first-order valence-corrected chi connectivity index (χ1v) is 9.07. The molecule has 2 aliphatic rings. The molecule has 1 spiro atoms. The van der Waals surface area contributed by atoms with Gasteiger partial charge in [0.05, 0.1) is 0 Å². The molecule has 6 nitrogen and oxygen atoms in total. The van der Waals surface area contributed by atoms with Gasteiger partial charge in [0.1, 0.15) is 12.1 Å². The first kappa shape index (κ1) is 16.8. The van der Waals surface area contributed by atoms with Crippen LogP contribution in [0, 0.1) is 0 Å². The summed E-state index contributed by atoms with van der Waals surface area (Å²) in [6, 6.07) is 14.2. The molecule has 0 unspecified atom stereocenters. The van der Waals surface area contributed by atoms with Crippen LogP contribution in [0.5, 0.6) is 0 Å². The number of nitrogens with zero attached hydrogens (tertiary/aromatic N) is 1. The number of halogens is 1. The van der Waals surface area contributed by atoms with E-state index in [1.54, 1.807) is 24.3 Å². The fourth-order valence-electron chi connectivity index (χ4n) is 3.61. The maximum Gasteiger partial charge on any atom is 0.325 e. The molecule has 1 aliphatic carbocycles. The summed E-state index contributed by atoms with van der Waals surface area (Å²) in [4.78, 5) is 38.7. The zero-order valence-electron chi connectivity index (χ0n) is 13.8. The Morgan fingerprint density at radius 1 is 1.15 bits per heavy atom. The van der Waals surface area contributed by atoms with Gasteiger partial charge in [0, 0.05) is 10.2 Å². The van der Waals surface area contributed by atoms with E-state index in [9.17, 15) is 14.4 Å². The number of hydrogen-bond donors (Lipinski definition) is 2. The second kappa shape index (κ2) is 6.25. The third-order valence-electron chi connectivity index (χ3n) is 4.85. The Morgan fingerprint density at radius 3 is 2.65 bits per heavy atom. The van der Waals surface area contributed by atoms with E-state index < -0.39 is 17.5 Å². The van der Waals surface area contributed by atoms with Crippen LogP contribution < -0.4 is 10.6 Å². The summed E-state index contributed by atoms with van der Waals surface area (Å²) in [6.45, 7) is -0.315. The molecular formula is C19H16BrN3O3. The van der Waals surface area contributed by atoms with Crippen molar-refractivity contribution in [3.63, 3.8) is 0 Å². The zero-order valence-corrected chi connectivity index (χ0v) is 15.4. The first-order valence-electron chi connectivity index (χ1n) is 8.27. The van der Waals surface area contributed by atoms with E-state index in [0.717, 1.165) is 26.9 Å². The SMILES string of the molecule is O=C(CN1C(=O)N[C@]2(CCc3ccccc32)C1=O)Nc1ccc(Br)cc1. The zero-order chi connectivity index (χ0) is 18.3. The minimum atomic E-state index is -1.04. The number of amides is 4. The van der Waals surface area contributed by atoms with Crippen LogP contribution in [0.3, 0.4) is 0 Å². The molecular weight excluding hydrogens is 398 g/mol. The molecule has 4 amide bonds. The molecule has 0 saturated carbocycles. The second-order valence-electron chi connectivity index (χ2n) is 6.44. The highest BCUT2D eigenvalue weighted by molar-refractivity contribution is 9.10. The van der Waals surface area contributed by atoms with E-state index in [2.05, 4.69) is 26.6 Å². The van der Waals surface area contributed by atoms with Crippen molar-refractivity contribution in [2.24, 2.45) is 0 Å². The predicted octanol–water partition coefficient (Wildman–Crippen LogP) is 2.78. The topological polar surface area (TPSA) is 78.5 Å². The summed E-state index contributed by atoms with van der Waals surface area (Å²) in [5, 5.41) is 5.51. The van der Waals surface area contributed by atoms with Crippen LogP contribution in [0.2, 0.25) is 0 Å². The molecule has 4 rings (SSSR count). The summed E-state index contributed by atoms with van der Waals surface area (Å²) in [5.74, 6) is -0.780. The lowest BCUT2D eigenvalue weighted by atomic mass is 9.92. The summed E-state index contributed by atoms with van der Waals surface area (Å²) >= 11 is 3.33. The molecule has 1 aliphatic heterocycles. The van der Waals surface area contributed by atoms with E-state index in [4.69, 9.17) is 0 Å². The van der Waals surface area contributed by atoms with Crippen LogP contribution in [-0.2, 0) is 21.5 Å². The smallest absolute Gasteiger partial charge is 0.325 e. The number of benzene rings is 2. The van der Waals surface area contributed by atoms with Crippen LogP contribution in [0.4, 0.5) is 10.5 Å². The predicted molar refractivity (Wildman–Crippen MR) is 99.5 cm³/mol. The molecule has 0 radical (unpaired) electrons. The number of carbonyl (C=O) groups is 3. The number of carbonyl (C=O) groups excluding carboxylic acids is 3. The molecule has 26 heavy (non-hydrogen) atoms. The van der Waals surface area contributed by atoms with Crippen LogP contribution in [0.15, 0.2) is 53.0 Å². The van der Waals surface area contributed by atoms with Crippen molar-refractivity contribution in [1.29, 1.82) is 0 Å². The number of aryl methyl sites for hydroxylation is 1. The Hall–Kier alpha value is -2.67. The number of nitrogens with one attached hydrogen (secondary N) is 2. The molecule has 132 valence electrons. The largest absolute Gasteiger partial charge is 0.325 e. The summed E-state index contributed by atoms with van der Waals surface area (Å²) in [6.07, 6.45) is 1.24. The van der Waals surface area contributed by atoms with Crippen molar-refractivity contribution >= 4 is 39.5 Å². The molecule has 2 aromatic rings. The molecule has 1 heterocycles. The van der Waals surface area contributed by atoms with Gasteiger partial charge in [0.2, 0.25) is 5.91 Å². The molecule has 1 fully saturated rings. The highest BCUT2D eigenvalue weighted by Gasteiger charge is 2.55.